The average Bonchev–Trinajstić information content (AvgIpc) is 2.84. The lowest BCUT2D eigenvalue weighted by atomic mass is 10.2. The van der Waals surface area contributed by atoms with E-state index in [2.05, 4.69) is 0 Å². The summed E-state index contributed by atoms with van der Waals surface area (Å²) >= 11 is 0. The summed E-state index contributed by atoms with van der Waals surface area (Å²) in [6, 6.07) is 9.98. The largest absolute Gasteiger partial charge is 0.499 e. The Kier molecular flexibility index (Phi) is 22.4. The van der Waals surface area contributed by atoms with Crippen molar-refractivity contribution >= 4 is 6.08 Å². The topological polar surface area (TPSA) is 94.1 Å². The Morgan fingerprint density at radius 2 is 0.848 bits per heavy atom. The normalized spacial score (nSPS) is 11.4. The summed E-state index contributed by atoms with van der Waals surface area (Å²) in [5.41, 5.74) is 1.10. The molecule has 9 nitrogen and oxygen atoms in total. The van der Waals surface area contributed by atoms with Gasteiger partial charge in [-0.3, -0.25) is 0 Å². The van der Waals surface area contributed by atoms with Gasteiger partial charge in [0.2, 0.25) is 0 Å². The van der Waals surface area contributed by atoms with Crippen LogP contribution < -0.4 is 0 Å². The molecule has 0 bridgehead atoms. The second-order valence-corrected chi connectivity index (χ2v) is 6.59. The molecule has 0 saturated heterocycles. The number of hydrogen-bond acceptors (Lipinski definition) is 9. The fourth-order valence-corrected chi connectivity index (χ4v) is 2.35. The first-order chi connectivity index (χ1) is 16.4. The maximum Gasteiger partial charge on any atom is 0.111 e. The number of benzene rings is 1. The standard InChI is InChI=1S/C24H40O9/c25-7-9-27-11-13-29-15-17-31-19-21-33-23-22-32-20-18-30-16-14-28-12-10-26-8-6-24-4-2-1-3-5-24/h1-6,8,25H,7,9-23H2. The van der Waals surface area contributed by atoms with E-state index in [9.17, 15) is 0 Å². The fraction of sp³-hybridized carbons (Fsp3) is 0.667. The van der Waals surface area contributed by atoms with Crippen LogP contribution in [0.1, 0.15) is 5.56 Å². The highest BCUT2D eigenvalue weighted by atomic mass is 16.6. The molecule has 0 aliphatic heterocycles. The molecule has 9 heteroatoms. The van der Waals surface area contributed by atoms with Crippen LogP contribution in [0.5, 0.6) is 0 Å². The van der Waals surface area contributed by atoms with Gasteiger partial charge in [-0.05, 0) is 11.6 Å². The molecule has 0 heterocycles. The summed E-state index contributed by atoms with van der Waals surface area (Å²) in [4.78, 5) is 0. The molecule has 0 atom stereocenters. The minimum atomic E-state index is 0.0308. The lowest BCUT2D eigenvalue weighted by Crippen LogP contribution is -2.15. The van der Waals surface area contributed by atoms with Crippen molar-refractivity contribution in [3.63, 3.8) is 0 Å². The Bertz CT molecular complexity index is 528. The molecule has 0 unspecified atom stereocenters. The van der Waals surface area contributed by atoms with Crippen molar-refractivity contribution in [3.8, 4) is 0 Å². The predicted molar refractivity (Wildman–Crippen MR) is 124 cm³/mol. The van der Waals surface area contributed by atoms with E-state index < -0.39 is 0 Å². The number of rotatable bonds is 25. The zero-order valence-corrected chi connectivity index (χ0v) is 19.6. The second kappa shape index (κ2) is 25.1. The Balaban J connectivity index is 1.66. The first kappa shape index (κ1) is 29.5. The third-order valence-electron chi connectivity index (χ3n) is 3.97. The summed E-state index contributed by atoms with van der Waals surface area (Å²) < 4.78 is 42.9. The van der Waals surface area contributed by atoms with Gasteiger partial charge in [0.05, 0.1) is 105 Å². The molecule has 190 valence electrons. The number of hydrogen-bond donors (Lipinski definition) is 1. The molecular weight excluding hydrogens is 432 g/mol. The van der Waals surface area contributed by atoms with Gasteiger partial charge in [0.15, 0.2) is 0 Å². The highest BCUT2D eigenvalue weighted by Crippen LogP contribution is 2.00. The van der Waals surface area contributed by atoms with E-state index in [1.54, 1.807) is 6.26 Å². The third-order valence-corrected chi connectivity index (χ3v) is 3.97. The van der Waals surface area contributed by atoms with E-state index in [1.807, 2.05) is 36.4 Å². The van der Waals surface area contributed by atoms with Gasteiger partial charge < -0.3 is 43.0 Å². The van der Waals surface area contributed by atoms with Crippen molar-refractivity contribution in [2.75, 3.05) is 106 Å². The van der Waals surface area contributed by atoms with Crippen LogP contribution in [0.25, 0.3) is 6.08 Å². The third kappa shape index (κ3) is 22.0. The van der Waals surface area contributed by atoms with Crippen LogP contribution in [0.4, 0.5) is 0 Å². The molecule has 1 N–H and O–H groups in total. The number of aliphatic hydroxyl groups is 1. The Labute approximate surface area is 197 Å². The highest BCUT2D eigenvalue weighted by molar-refractivity contribution is 5.47. The van der Waals surface area contributed by atoms with Crippen LogP contribution in [0, 0.1) is 0 Å². The van der Waals surface area contributed by atoms with E-state index in [0.29, 0.717) is 99.1 Å². The minimum absolute atomic E-state index is 0.0308. The van der Waals surface area contributed by atoms with Gasteiger partial charge in [-0.1, -0.05) is 30.3 Å². The maximum atomic E-state index is 8.55. The summed E-state index contributed by atoms with van der Waals surface area (Å²) in [5.74, 6) is 0. The van der Waals surface area contributed by atoms with E-state index in [0.717, 1.165) is 5.56 Å². The van der Waals surface area contributed by atoms with E-state index in [-0.39, 0.29) is 6.61 Å². The fourth-order valence-electron chi connectivity index (χ4n) is 2.35. The van der Waals surface area contributed by atoms with E-state index >= 15 is 0 Å². The molecule has 0 fully saturated rings. The SMILES string of the molecule is OCCOCCOCCOCCOCCOCCOCCOCCOC=Cc1ccccc1. The molecular formula is C24H40O9. The molecule has 0 aliphatic rings. The second-order valence-electron chi connectivity index (χ2n) is 6.59. The summed E-state index contributed by atoms with van der Waals surface area (Å²) in [6.45, 7) is 7.56. The lowest BCUT2D eigenvalue weighted by Gasteiger charge is -2.08. The average molecular weight is 473 g/mol. The van der Waals surface area contributed by atoms with Gasteiger partial charge in [0.1, 0.15) is 6.61 Å². The van der Waals surface area contributed by atoms with Crippen LogP contribution in [-0.4, -0.2) is 111 Å². The van der Waals surface area contributed by atoms with E-state index in [4.69, 9.17) is 43.0 Å². The van der Waals surface area contributed by atoms with Crippen LogP contribution in [0.3, 0.4) is 0 Å². The molecule has 1 aromatic carbocycles. The zero-order valence-electron chi connectivity index (χ0n) is 19.6. The first-order valence-electron chi connectivity index (χ1n) is 11.4. The molecule has 0 aromatic heterocycles. The zero-order chi connectivity index (χ0) is 23.5. The van der Waals surface area contributed by atoms with Crippen molar-refractivity contribution in [1.29, 1.82) is 0 Å². The number of aliphatic hydroxyl groups excluding tert-OH is 1. The van der Waals surface area contributed by atoms with Crippen molar-refractivity contribution in [1.82, 2.24) is 0 Å². The number of ether oxygens (including phenoxy) is 8. The minimum Gasteiger partial charge on any atom is -0.499 e. The first-order valence-corrected chi connectivity index (χ1v) is 11.4. The lowest BCUT2D eigenvalue weighted by molar-refractivity contribution is -0.0225. The van der Waals surface area contributed by atoms with Crippen molar-refractivity contribution in [3.05, 3.63) is 42.2 Å². The Morgan fingerprint density at radius 1 is 0.485 bits per heavy atom. The predicted octanol–water partition coefficient (Wildman–Crippen LogP) is 1.78. The molecule has 0 amide bonds. The Hall–Kier alpha value is -1.56. The summed E-state index contributed by atoms with van der Waals surface area (Å²) in [5, 5.41) is 8.55. The van der Waals surface area contributed by atoms with Gasteiger partial charge in [-0.25, -0.2) is 0 Å². The van der Waals surface area contributed by atoms with Gasteiger partial charge >= 0.3 is 0 Å². The van der Waals surface area contributed by atoms with Crippen LogP contribution in [0.2, 0.25) is 0 Å². The van der Waals surface area contributed by atoms with Crippen molar-refractivity contribution in [2.24, 2.45) is 0 Å². The van der Waals surface area contributed by atoms with Gasteiger partial charge in [-0.15, -0.1) is 0 Å². The van der Waals surface area contributed by atoms with Crippen LogP contribution in [-0.2, 0) is 37.9 Å². The molecule has 1 aromatic rings. The van der Waals surface area contributed by atoms with Gasteiger partial charge in [0, 0.05) is 0 Å². The monoisotopic (exact) mass is 472 g/mol. The smallest absolute Gasteiger partial charge is 0.111 e. The molecule has 0 saturated carbocycles. The van der Waals surface area contributed by atoms with Gasteiger partial charge in [-0.2, -0.15) is 0 Å². The van der Waals surface area contributed by atoms with E-state index in [1.165, 1.54) is 0 Å². The highest BCUT2D eigenvalue weighted by Gasteiger charge is 1.95. The van der Waals surface area contributed by atoms with Crippen LogP contribution >= 0.6 is 0 Å². The Morgan fingerprint density at radius 3 is 1.24 bits per heavy atom. The van der Waals surface area contributed by atoms with Gasteiger partial charge in [0.25, 0.3) is 0 Å². The maximum absolute atomic E-state index is 8.55. The summed E-state index contributed by atoms with van der Waals surface area (Å²) in [6.07, 6.45) is 3.60. The quantitative estimate of drug-likeness (QED) is 0.169. The molecule has 0 aliphatic carbocycles. The van der Waals surface area contributed by atoms with Crippen molar-refractivity contribution < 1.29 is 43.0 Å². The van der Waals surface area contributed by atoms with Crippen LogP contribution in [0.15, 0.2) is 36.6 Å². The molecule has 0 spiro atoms. The molecule has 1 rings (SSSR count). The van der Waals surface area contributed by atoms with Crippen molar-refractivity contribution in [2.45, 2.75) is 0 Å². The summed E-state index contributed by atoms with van der Waals surface area (Å²) in [7, 11) is 0. The molecule has 33 heavy (non-hydrogen) atoms. The molecule has 0 radical (unpaired) electrons.